The van der Waals surface area contributed by atoms with E-state index in [0.29, 0.717) is 17.2 Å². The molecule has 2 amide bonds. The van der Waals surface area contributed by atoms with Crippen LogP contribution in [0.15, 0.2) is 6.07 Å². The zero-order chi connectivity index (χ0) is 16.6. The Morgan fingerprint density at radius 2 is 2.04 bits per heavy atom. The number of rotatable bonds is 2. The van der Waals surface area contributed by atoms with Gasteiger partial charge in [-0.05, 0) is 43.2 Å². The van der Waals surface area contributed by atoms with Gasteiger partial charge in [-0.25, -0.2) is 8.42 Å². The molecule has 2 atom stereocenters. The van der Waals surface area contributed by atoms with Crippen LogP contribution in [0.5, 0.6) is 0 Å². The minimum Gasteiger partial charge on any atom is -0.273 e. The Morgan fingerprint density at radius 1 is 1.26 bits per heavy atom. The summed E-state index contributed by atoms with van der Waals surface area (Å²) in [7, 11) is -3.11. The lowest BCUT2D eigenvalue weighted by molar-refractivity contribution is -0.125. The Morgan fingerprint density at radius 3 is 2.74 bits per heavy atom. The number of carbonyl (C=O) groups is 2. The number of aryl methyl sites for hydroxylation is 1. The zero-order valence-corrected chi connectivity index (χ0v) is 14.6. The number of amides is 2. The number of sulfone groups is 1. The van der Waals surface area contributed by atoms with E-state index in [0.717, 1.165) is 19.3 Å². The molecule has 0 saturated carbocycles. The molecule has 1 aromatic rings. The molecule has 1 saturated heterocycles. The average molecular weight is 356 g/mol. The predicted molar refractivity (Wildman–Crippen MR) is 87.9 cm³/mol. The van der Waals surface area contributed by atoms with Gasteiger partial charge < -0.3 is 0 Å². The third-order valence-electron chi connectivity index (χ3n) is 4.46. The van der Waals surface area contributed by atoms with Crippen molar-refractivity contribution in [1.82, 2.24) is 10.9 Å². The first-order valence-electron chi connectivity index (χ1n) is 7.76. The lowest BCUT2D eigenvalue weighted by atomic mass is 9.90. The van der Waals surface area contributed by atoms with Crippen LogP contribution in [0.25, 0.3) is 0 Å². The standard InChI is InChI=1S/C15H20N2O4S2/c1-9-2-3-12-11(6-9)7-13(22-12)15(19)17-16-14(18)10-4-5-23(20,21)8-10/h7,9-10H,2-6,8H2,1H3,(H,16,18)(H,17,19)/t9-,10-/m1/s1. The van der Waals surface area contributed by atoms with Gasteiger partial charge in [0.1, 0.15) is 0 Å². The number of fused-ring (bicyclic) bond motifs is 1. The van der Waals surface area contributed by atoms with Gasteiger partial charge in [0.2, 0.25) is 5.91 Å². The maximum atomic E-state index is 12.2. The fourth-order valence-corrected chi connectivity index (χ4v) is 5.95. The molecule has 1 aliphatic heterocycles. The summed E-state index contributed by atoms with van der Waals surface area (Å²) in [5.74, 6) is -0.815. The highest BCUT2D eigenvalue weighted by molar-refractivity contribution is 7.91. The first-order chi connectivity index (χ1) is 10.8. The van der Waals surface area contributed by atoms with Gasteiger partial charge in [-0.15, -0.1) is 11.3 Å². The van der Waals surface area contributed by atoms with Crippen LogP contribution in [-0.4, -0.2) is 31.7 Å². The van der Waals surface area contributed by atoms with E-state index < -0.39 is 21.7 Å². The number of hydrogen-bond donors (Lipinski definition) is 2. The summed E-state index contributed by atoms with van der Waals surface area (Å²) in [6, 6.07) is 1.90. The molecule has 3 rings (SSSR count). The van der Waals surface area contributed by atoms with E-state index >= 15 is 0 Å². The van der Waals surface area contributed by atoms with Crippen LogP contribution in [0.2, 0.25) is 0 Å². The van der Waals surface area contributed by atoms with Crippen LogP contribution in [-0.2, 0) is 27.5 Å². The second kappa shape index (κ2) is 6.24. The molecular formula is C15H20N2O4S2. The minimum atomic E-state index is -3.11. The Hall–Kier alpha value is -1.41. The van der Waals surface area contributed by atoms with Crippen LogP contribution in [0.1, 0.15) is 39.9 Å². The SMILES string of the molecule is C[C@@H]1CCc2sc(C(=O)NNC(=O)[C@@H]3CCS(=O)(=O)C3)cc2C1. The fraction of sp³-hybridized carbons (Fsp3) is 0.600. The van der Waals surface area contributed by atoms with E-state index in [1.54, 1.807) is 0 Å². The fourth-order valence-electron chi connectivity index (χ4n) is 3.10. The van der Waals surface area contributed by atoms with Crippen molar-refractivity contribution in [2.45, 2.75) is 32.6 Å². The molecule has 0 spiro atoms. The molecule has 1 aromatic heterocycles. The van der Waals surface area contributed by atoms with E-state index in [4.69, 9.17) is 0 Å². The quantitative estimate of drug-likeness (QED) is 0.775. The topological polar surface area (TPSA) is 92.3 Å². The molecular weight excluding hydrogens is 336 g/mol. The molecule has 1 fully saturated rings. The normalized spacial score (nSPS) is 25.6. The highest BCUT2D eigenvalue weighted by Crippen LogP contribution is 2.32. The maximum Gasteiger partial charge on any atom is 0.279 e. The summed E-state index contributed by atoms with van der Waals surface area (Å²) in [4.78, 5) is 25.9. The molecule has 2 aliphatic rings. The summed E-state index contributed by atoms with van der Waals surface area (Å²) in [5.41, 5.74) is 5.98. The number of thiophene rings is 1. The predicted octanol–water partition coefficient (Wildman–Crippen LogP) is 1.07. The van der Waals surface area contributed by atoms with E-state index in [1.807, 2.05) is 6.07 Å². The van der Waals surface area contributed by atoms with Gasteiger partial charge in [-0.1, -0.05) is 6.92 Å². The van der Waals surface area contributed by atoms with Crippen molar-refractivity contribution < 1.29 is 18.0 Å². The van der Waals surface area contributed by atoms with E-state index in [9.17, 15) is 18.0 Å². The molecule has 0 bridgehead atoms. The summed E-state index contributed by atoms with van der Waals surface area (Å²) in [6.45, 7) is 2.20. The molecule has 23 heavy (non-hydrogen) atoms. The molecule has 126 valence electrons. The number of hydrogen-bond acceptors (Lipinski definition) is 5. The van der Waals surface area contributed by atoms with Gasteiger partial charge in [-0.2, -0.15) is 0 Å². The summed E-state index contributed by atoms with van der Waals surface area (Å²) >= 11 is 1.47. The lowest BCUT2D eigenvalue weighted by Gasteiger charge is -2.16. The maximum absolute atomic E-state index is 12.2. The largest absolute Gasteiger partial charge is 0.279 e. The monoisotopic (exact) mass is 356 g/mol. The van der Waals surface area contributed by atoms with Gasteiger partial charge >= 0.3 is 0 Å². The second-order valence-electron chi connectivity index (χ2n) is 6.45. The van der Waals surface area contributed by atoms with Crippen molar-refractivity contribution in [2.75, 3.05) is 11.5 Å². The molecule has 8 heteroatoms. The van der Waals surface area contributed by atoms with Crippen LogP contribution < -0.4 is 10.9 Å². The first-order valence-corrected chi connectivity index (χ1v) is 10.4. The van der Waals surface area contributed by atoms with Crippen molar-refractivity contribution in [3.8, 4) is 0 Å². The van der Waals surface area contributed by atoms with Gasteiger partial charge in [0.15, 0.2) is 9.84 Å². The molecule has 0 radical (unpaired) electrons. The van der Waals surface area contributed by atoms with Crippen LogP contribution in [0.4, 0.5) is 0 Å². The van der Waals surface area contributed by atoms with Crippen molar-refractivity contribution in [3.05, 3.63) is 21.4 Å². The van der Waals surface area contributed by atoms with Gasteiger partial charge in [-0.3, -0.25) is 20.4 Å². The van der Waals surface area contributed by atoms with Crippen LogP contribution >= 0.6 is 11.3 Å². The third kappa shape index (κ3) is 3.74. The molecule has 1 aliphatic carbocycles. The Bertz CT molecular complexity index is 739. The summed E-state index contributed by atoms with van der Waals surface area (Å²) in [5, 5.41) is 0. The molecule has 0 unspecified atom stereocenters. The molecule has 2 N–H and O–H groups in total. The first kappa shape index (κ1) is 16.4. The zero-order valence-electron chi connectivity index (χ0n) is 12.9. The summed E-state index contributed by atoms with van der Waals surface area (Å²) < 4.78 is 22.8. The van der Waals surface area contributed by atoms with E-state index in [-0.39, 0.29) is 17.4 Å². The van der Waals surface area contributed by atoms with Crippen molar-refractivity contribution in [2.24, 2.45) is 11.8 Å². The Kier molecular flexibility index (Phi) is 4.46. The van der Waals surface area contributed by atoms with Crippen molar-refractivity contribution in [1.29, 1.82) is 0 Å². The number of carbonyl (C=O) groups excluding carboxylic acids is 2. The van der Waals surface area contributed by atoms with Gasteiger partial charge in [0, 0.05) is 4.88 Å². The molecule has 0 aromatic carbocycles. The van der Waals surface area contributed by atoms with E-state index in [1.165, 1.54) is 21.8 Å². The van der Waals surface area contributed by atoms with Crippen molar-refractivity contribution in [3.63, 3.8) is 0 Å². The summed E-state index contributed by atoms with van der Waals surface area (Å²) in [6.07, 6.45) is 3.45. The number of nitrogens with one attached hydrogen (secondary N) is 2. The van der Waals surface area contributed by atoms with Crippen molar-refractivity contribution >= 4 is 33.0 Å². The highest BCUT2D eigenvalue weighted by atomic mass is 32.2. The highest BCUT2D eigenvalue weighted by Gasteiger charge is 2.33. The smallest absolute Gasteiger partial charge is 0.273 e. The van der Waals surface area contributed by atoms with Crippen LogP contribution in [0, 0.1) is 11.8 Å². The third-order valence-corrected chi connectivity index (χ3v) is 7.46. The lowest BCUT2D eigenvalue weighted by Crippen LogP contribution is -2.44. The Balaban J connectivity index is 1.57. The number of hydrazine groups is 1. The van der Waals surface area contributed by atoms with E-state index in [2.05, 4.69) is 17.8 Å². The average Bonchev–Trinajstić information content (AvgIpc) is 3.07. The second-order valence-corrected chi connectivity index (χ2v) is 9.82. The van der Waals surface area contributed by atoms with Gasteiger partial charge in [0.05, 0.1) is 22.3 Å². The molecule has 2 heterocycles. The Labute approximate surface area is 139 Å². The van der Waals surface area contributed by atoms with Crippen LogP contribution in [0.3, 0.4) is 0 Å². The minimum absolute atomic E-state index is 0.0366. The molecule has 6 nitrogen and oxygen atoms in total. The van der Waals surface area contributed by atoms with Gasteiger partial charge in [0.25, 0.3) is 5.91 Å².